The summed E-state index contributed by atoms with van der Waals surface area (Å²) in [4.78, 5) is 14.6. The molecule has 0 saturated carbocycles. The highest BCUT2D eigenvalue weighted by atomic mass is 32.2. The molecule has 2 aliphatic rings. The van der Waals surface area contributed by atoms with Crippen molar-refractivity contribution in [3.63, 3.8) is 0 Å². The minimum absolute atomic E-state index is 0.113. The monoisotopic (exact) mass is 335 g/mol. The van der Waals surface area contributed by atoms with Gasteiger partial charge in [-0.25, -0.2) is 0 Å². The van der Waals surface area contributed by atoms with Gasteiger partial charge in [0.2, 0.25) is 5.91 Å². The first-order valence-corrected chi connectivity index (χ1v) is 9.25. The molecule has 1 saturated heterocycles. The lowest BCUT2D eigenvalue weighted by molar-refractivity contribution is -0.129. The minimum atomic E-state index is 0.113. The van der Waals surface area contributed by atoms with Gasteiger partial charge >= 0.3 is 0 Å². The van der Waals surface area contributed by atoms with E-state index in [1.807, 2.05) is 17.0 Å². The molecule has 5 heteroatoms. The van der Waals surface area contributed by atoms with E-state index in [0.29, 0.717) is 19.0 Å². The fourth-order valence-electron chi connectivity index (χ4n) is 3.04. The largest absolute Gasteiger partial charge is 0.486 e. The van der Waals surface area contributed by atoms with Crippen LogP contribution in [0.1, 0.15) is 45.2 Å². The van der Waals surface area contributed by atoms with Gasteiger partial charge in [0, 0.05) is 11.3 Å². The predicted molar refractivity (Wildman–Crippen MR) is 93.3 cm³/mol. The van der Waals surface area contributed by atoms with E-state index in [0.717, 1.165) is 36.4 Å². The zero-order chi connectivity index (χ0) is 16.4. The summed E-state index contributed by atoms with van der Waals surface area (Å²) in [6.07, 6.45) is 2.08. The van der Waals surface area contributed by atoms with Crippen LogP contribution >= 0.6 is 11.8 Å². The van der Waals surface area contributed by atoms with Gasteiger partial charge in [0.1, 0.15) is 13.2 Å². The van der Waals surface area contributed by atoms with Crippen molar-refractivity contribution >= 4 is 17.7 Å². The van der Waals surface area contributed by atoms with Gasteiger partial charge in [-0.05, 0) is 30.5 Å². The molecule has 1 atom stereocenters. The number of benzene rings is 1. The number of carbonyl (C=O) groups excluding carboxylic acids is 1. The van der Waals surface area contributed by atoms with E-state index in [4.69, 9.17) is 9.47 Å². The Morgan fingerprint density at radius 2 is 2.00 bits per heavy atom. The van der Waals surface area contributed by atoms with Crippen LogP contribution in [0.15, 0.2) is 18.2 Å². The number of nitrogens with zero attached hydrogens (tertiary/aromatic N) is 1. The molecule has 126 valence electrons. The van der Waals surface area contributed by atoms with Crippen LogP contribution in [-0.4, -0.2) is 41.1 Å². The van der Waals surface area contributed by atoms with Crippen LogP contribution in [0, 0.1) is 0 Å². The number of likely N-dealkylation sites (tertiary alicyclic amines) is 1. The van der Waals surface area contributed by atoms with E-state index in [-0.39, 0.29) is 16.7 Å². The molecule has 2 aliphatic heterocycles. The summed E-state index contributed by atoms with van der Waals surface area (Å²) in [6, 6.07) is 6.25. The van der Waals surface area contributed by atoms with Crippen molar-refractivity contribution < 1.29 is 14.3 Å². The zero-order valence-corrected chi connectivity index (χ0v) is 14.9. The summed E-state index contributed by atoms with van der Waals surface area (Å²) < 4.78 is 11.4. The Hall–Kier alpha value is -1.36. The summed E-state index contributed by atoms with van der Waals surface area (Å²) in [5, 5.41) is 0. The molecule has 4 nitrogen and oxygen atoms in total. The minimum Gasteiger partial charge on any atom is -0.486 e. The lowest BCUT2D eigenvalue weighted by atomic mass is 10.0. The second-order valence-corrected chi connectivity index (χ2v) is 8.85. The third-order valence-electron chi connectivity index (χ3n) is 4.15. The lowest BCUT2D eigenvalue weighted by Crippen LogP contribution is -2.33. The van der Waals surface area contributed by atoms with Crippen molar-refractivity contribution in [1.29, 1.82) is 0 Å². The molecule has 1 unspecified atom stereocenters. The first-order valence-electron chi connectivity index (χ1n) is 8.27. The highest BCUT2D eigenvalue weighted by Gasteiger charge is 2.31. The Kier molecular flexibility index (Phi) is 4.76. The van der Waals surface area contributed by atoms with Crippen molar-refractivity contribution in [3.8, 4) is 11.5 Å². The SMILES string of the molecule is CC(C)(C)SCC(=O)N1CCCC1c1ccc2c(c1)OCCO2. The maximum absolute atomic E-state index is 12.6. The number of carbonyl (C=O) groups is 1. The average Bonchev–Trinajstić information content (AvgIpc) is 3.01. The molecule has 0 spiro atoms. The molecule has 0 N–H and O–H groups in total. The summed E-state index contributed by atoms with van der Waals surface area (Å²) in [5.74, 6) is 2.39. The fourth-order valence-corrected chi connectivity index (χ4v) is 3.76. The third kappa shape index (κ3) is 3.94. The number of rotatable bonds is 3. The molecule has 1 fully saturated rings. The highest BCUT2D eigenvalue weighted by molar-refractivity contribution is 8.01. The van der Waals surface area contributed by atoms with E-state index >= 15 is 0 Å². The summed E-state index contributed by atoms with van der Waals surface area (Å²) in [7, 11) is 0. The number of hydrogen-bond acceptors (Lipinski definition) is 4. The summed E-state index contributed by atoms with van der Waals surface area (Å²) >= 11 is 1.71. The topological polar surface area (TPSA) is 38.8 Å². The molecule has 0 bridgehead atoms. The standard InChI is InChI=1S/C18H25NO3S/c1-18(2,3)23-12-17(20)19-8-4-5-14(19)13-6-7-15-16(11-13)22-10-9-21-15/h6-7,11,14H,4-5,8-10,12H2,1-3H3. The van der Waals surface area contributed by atoms with Crippen LogP contribution in [0.5, 0.6) is 11.5 Å². The molecular formula is C18H25NO3S. The molecular weight excluding hydrogens is 310 g/mol. The van der Waals surface area contributed by atoms with Crippen LogP contribution in [0.25, 0.3) is 0 Å². The molecule has 0 aliphatic carbocycles. The second kappa shape index (κ2) is 6.63. The van der Waals surface area contributed by atoms with Crippen LogP contribution in [-0.2, 0) is 4.79 Å². The van der Waals surface area contributed by atoms with E-state index in [1.165, 1.54) is 0 Å². The van der Waals surface area contributed by atoms with Crippen LogP contribution in [0.4, 0.5) is 0 Å². The van der Waals surface area contributed by atoms with E-state index in [1.54, 1.807) is 11.8 Å². The Bertz CT molecular complexity index is 582. The van der Waals surface area contributed by atoms with Crippen molar-refractivity contribution in [2.75, 3.05) is 25.5 Å². The van der Waals surface area contributed by atoms with Crippen LogP contribution in [0.3, 0.4) is 0 Å². The van der Waals surface area contributed by atoms with Gasteiger partial charge in [-0.15, -0.1) is 11.8 Å². The highest BCUT2D eigenvalue weighted by Crippen LogP contribution is 2.38. The number of thioether (sulfide) groups is 1. The van der Waals surface area contributed by atoms with Gasteiger partial charge in [0.05, 0.1) is 11.8 Å². The average molecular weight is 335 g/mol. The molecule has 3 rings (SSSR count). The van der Waals surface area contributed by atoms with Gasteiger partial charge in [0.25, 0.3) is 0 Å². The number of hydrogen-bond donors (Lipinski definition) is 0. The Labute approximate surface area is 142 Å². The maximum Gasteiger partial charge on any atom is 0.233 e. The molecule has 23 heavy (non-hydrogen) atoms. The molecule has 0 aromatic heterocycles. The third-order valence-corrected chi connectivity index (χ3v) is 5.41. The van der Waals surface area contributed by atoms with Gasteiger partial charge in [-0.1, -0.05) is 26.8 Å². The number of ether oxygens (including phenoxy) is 2. The summed E-state index contributed by atoms with van der Waals surface area (Å²) in [6.45, 7) is 8.48. The summed E-state index contributed by atoms with van der Waals surface area (Å²) in [5.41, 5.74) is 1.15. The molecule has 1 aromatic rings. The van der Waals surface area contributed by atoms with E-state index in [2.05, 4.69) is 26.8 Å². The molecule has 2 heterocycles. The van der Waals surface area contributed by atoms with Gasteiger partial charge < -0.3 is 14.4 Å². The van der Waals surface area contributed by atoms with Crippen LogP contribution in [0.2, 0.25) is 0 Å². The Morgan fingerprint density at radius 3 is 2.74 bits per heavy atom. The quantitative estimate of drug-likeness (QED) is 0.845. The second-order valence-electron chi connectivity index (χ2n) is 7.05. The zero-order valence-electron chi connectivity index (χ0n) is 14.1. The number of fused-ring (bicyclic) bond motifs is 1. The van der Waals surface area contributed by atoms with Gasteiger partial charge in [-0.2, -0.15) is 0 Å². The Balaban J connectivity index is 1.72. The number of amides is 1. The van der Waals surface area contributed by atoms with Crippen molar-refractivity contribution in [1.82, 2.24) is 4.90 Å². The Morgan fingerprint density at radius 1 is 1.26 bits per heavy atom. The van der Waals surface area contributed by atoms with Crippen molar-refractivity contribution in [3.05, 3.63) is 23.8 Å². The first kappa shape index (κ1) is 16.5. The van der Waals surface area contributed by atoms with Crippen molar-refractivity contribution in [2.45, 2.75) is 44.4 Å². The molecule has 0 radical (unpaired) electrons. The predicted octanol–water partition coefficient (Wildman–Crippen LogP) is 3.65. The molecule has 1 amide bonds. The first-order chi connectivity index (χ1) is 10.9. The van der Waals surface area contributed by atoms with Gasteiger partial charge in [-0.3, -0.25) is 4.79 Å². The van der Waals surface area contributed by atoms with E-state index < -0.39 is 0 Å². The smallest absolute Gasteiger partial charge is 0.233 e. The van der Waals surface area contributed by atoms with Crippen LogP contribution < -0.4 is 9.47 Å². The molecule has 1 aromatic carbocycles. The lowest BCUT2D eigenvalue weighted by Gasteiger charge is -2.28. The van der Waals surface area contributed by atoms with Gasteiger partial charge in [0.15, 0.2) is 11.5 Å². The fraction of sp³-hybridized carbons (Fsp3) is 0.611. The van der Waals surface area contributed by atoms with E-state index in [9.17, 15) is 4.79 Å². The van der Waals surface area contributed by atoms with Crippen molar-refractivity contribution in [2.24, 2.45) is 0 Å². The normalized spacial score (nSPS) is 20.7. The maximum atomic E-state index is 12.6.